The van der Waals surface area contributed by atoms with Crippen LogP contribution < -0.4 is 4.74 Å². The van der Waals surface area contributed by atoms with Crippen LogP contribution in [0.2, 0.25) is 10.0 Å². The molecule has 0 spiro atoms. The van der Waals surface area contributed by atoms with Gasteiger partial charge < -0.3 is 4.74 Å². The van der Waals surface area contributed by atoms with Crippen molar-refractivity contribution < 1.29 is 9.66 Å². The summed E-state index contributed by atoms with van der Waals surface area (Å²) in [4.78, 5) is 10.4. The molecule has 2 rings (SSSR count). The predicted octanol–water partition coefficient (Wildman–Crippen LogP) is 4.48. The van der Waals surface area contributed by atoms with Gasteiger partial charge in [0.15, 0.2) is 0 Å². The summed E-state index contributed by atoms with van der Waals surface area (Å²) < 4.78 is 5.47. The first kappa shape index (κ1) is 13.6. The van der Waals surface area contributed by atoms with E-state index in [1.54, 1.807) is 36.4 Å². The van der Waals surface area contributed by atoms with Gasteiger partial charge in [-0.3, -0.25) is 10.1 Å². The van der Waals surface area contributed by atoms with Crippen molar-refractivity contribution in [2.75, 3.05) is 0 Å². The topological polar surface area (TPSA) is 52.4 Å². The highest BCUT2D eigenvalue weighted by atomic mass is 35.5. The quantitative estimate of drug-likeness (QED) is 0.617. The normalized spacial score (nSPS) is 10.2. The zero-order valence-electron chi connectivity index (χ0n) is 9.68. The lowest BCUT2D eigenvalue weighted by Gasteiger charge is -2.08. The zero-order valence-corrected chi connectivity index (χ0v) is 11.2. The van der Waals surface area contributed by atoms with Crippen molar-refractivity contribution in [3.05, 3.63) is 68.2 Å². The zero-order chi connectivity index (χ0) is 13.8. The molecule has 0 fully saturated rings. The summed E-state index contributed by atoms with van der Waals surface area (Å²) in [6.07, 6.45) is 0. The summed E-state index contributed by atoms with van der Waals surface area (Å²) in [6.45, 7) is 0.0528. The molecular weight excluding hydrogens is 289 g/mol. The molecule has 2 aromatic rings. The molecule has 0 aliphatic heterocycles. The molecule has 0 heterocycles. The Labute approximate surface area is 119 Å². The third-order valence-corrected chi connectivity index (χ3v) is 3.01. The number of hydrogen-bond acceptors (Lipinski definition) is 3. The molecule has 4 nitrogen and oxygen atoms in total. The van der Waals surface area contributed by atoms with Crippen molar-refractivity contribution in [2.45, 2.75) is 6.61 Å². The maximum absolute atomic E-state index is 10.9. The number of nitro groups is 1. The van der Waals surface area contributed by atoms with E-state index in [9.17, 15) is 10.1 Å². The Morgan fingerprint density at radius 2 is 1.89 bits per heavy atom. The highest BCUT2D eigenvalue weighted by molar-refractivity contribution is 6.32. The summed E-state index contributed by atoms with van der Waals surface area (Å²) in [6, 6.07) is 11.4. The summed E-state index contributed by atoms with van der Waals surface area (Å²) in [5.74, 6) is 0.480. The number of ether oxygens (including phenoxy) is 1. The minimum atomic E-state index is -0.489. The maximum Gasteiger partial charge on any atom is 0.277 e. The molecule has 0 bridgehead atoms. The van der Waals surface area contributed by atoms with Gasteiger partial charge in [-0.2, -0.15) is 0 Å². The molecule has 0 saturated heterocycles. The van der Waals surface area contributed by atoms with E-state index < -0.39 is 4.92 Å². The predicted molar refractivity (Wildman–Crippen MR) is 73.9 cm³/mol. The standard InChI is InChI=1S/C13H9Cl2NO3/c14-10-6-5-9(12(7-10)16(17)18)8-19-13-4-2-1-3-11(13)15/h1-7H,8H2. The highest BCUT2D eigenvalue weighted by Crippen LogP contribution is 2.27. The number of hydrogen-bond donors (Lipinski definition) is 0. The van der Waals surface area contributed by atoms with E-state index >= 15 is 0 Å². The van der Waals surface area contributed by atoms with Crippen LogP contribution in [0, 0.1) is 10.1 Å². The molecule has 0 atom stereocenters. The first-order valence-corrected chi connectivity index (χ1v) is 6.13. The molecular formula is C13H9Cl2NO3. The van der Waals surface area contributed by atoms with Crippen LogP contribution >= 0.6 is 23.2 Å². The fourth-order valence-electron chi connectivity index (χ4n) is 1.55. The van der Waals surface area contributed by atoms with Gasteiger partial charge in [-0.25, -0.2) is 0 Å². The molecule has 0 N–H and O–H groups in total. The number of rotatable bonds is 4. The maximum atomic E-state index is 10.9. The molecule has 0 aliphatic rings. The van der Waals surface area contributed by atoms with E-state index in [0.717, 1.165) is 0 Å². The summed E-state index contributed by atoms with van der Waals surface area (Å²) in [5.41, 5.74) is 0.369. The molecule has 0 radical (unpaired) electrons. The van der Waals surface area contributed by atoms with Gasteiger partial charge in [0.1, 0.15) is 12.4 Å². The molecule has 0 amide bonds. The number of para-hydroxylation sites is 1. The van der Waals surface area contributed by atoms with Gasteiger partial charge in [-0.15, -0.1) is 0 Å². The van der Waals surface area contributed by atoms with E-state index in [-0.39, 0.29) is 12.3 Å². The third kappa shape index (κ3) is 3.36. The van der Waals surface area contributed by atoms with Crippen LogP contribution in [-0.2, 0) is 6.61 Å². The number of nitro benzene ring substituents is 1. The Hall–Kier alpha value is -1.78. The fourth-order valence-corrected chi connectivity index (χ4v) is 1.90. The van der Waals surface area contributed by atoms with Gasteiger partial charge in [-0.05, 0) is 24.3 Å². The second-order valence-electron chi connectivity index (χ2n) is 3.75. The second-order valence-corrected chi connectivity index (χ2v) is 4.59. The van der Waals surface area contributed by atoms with Crippen molar-refractivity contribution in [1.82, 2.24) is 0 Å². The minimum absolute atomic E-state index is 0.0528. The lowest BCUT2D eigenvalue weighted by Crippen LogP contribution is -2.00. The molecule has 0 saturated carbocycles. The van der Waals surface area contributed by atoms with Crippen LogP contribution in [0.1, 0.15) is 5.56 Å². The van der Waals surface area contributed by atoms with Crippen molar-refractivity contribution in [3.8, 4) is 5.75 Å². The van der Waals surface area contributed by atoms with Crippen molar-refractivity contribution >= 4 is 28.9 Å². The lowest BCUT2D eigenvalue weighted by molar-refractivity contribution is -0.385. The highest BCUT2D eigenvalue weighted by Gasteiger charge is 2.15. The Bertz CT molecular complexity index is 617. The molecule has 2 aromatic carbocycles. The average molecular weight is 298 g/mol. The monoisotopic (exact) mass is 297 g/mol. The van der Waals surface area contributed by atoms with Crippen LogP contribution in [0.3, 0.4) is 0 Å². The van der Waals surface area contributed by atoms with Gasteiger partial charge in [-0.1, -0.05) is 35.3 Å². The van der Waals surface area contributed by atoms with Gasteiger partial charge in [0, 0.05) is 11.1 Å². The Morgan fingerprint density at radius 1 is 1.16 bits per heavy atom. The molecule has 0 aromatic heterocycles. The second kappa shape index (κ2) is 5.91. The van der Waals surface area contributed by atoms with E-state index in [1.807, 2.05) is 0 Å². The largest absolute Gasteiger partial charge is 0.487 e. The fraction of sp³-hybridized carbons (Fsp3) is 0.0769. The van der Waals surface area contributed by atoms with Crippen molar-refractivity contribution in [3.63, 3.8) is 0 Å². The average Bonchev–Trinajstić information content (AvgIpc) is 2.38. The third-order valence-electron chi connectivity index (χ3n) is 2.46. The van der Waals surface area contributed by atoms with E-state index in [1.165, 1.54) is 6.07 Å². The molecule has 6 heteroatoms. The smallest absolute Gasteiger partial charge is 0.277 e. The Balaban J connectivity index is 2.20. The van der Waals surface area contributed by atoms with Gasteiger partial charge in [0.2, 0.25) is 0 Å². The van der Waals surface area contributed by atoms with E-state index in [2.05, 4.69) is 0 Å². The Morgan fingerprint density at radius 3 is 2.58 bits per heavy atom. The lowest BCUT2D eigenvalue weighted by atomic mass is 10.2. The van der Waals surface area contributed by atoms with E-state index in [4.69, 9.17) is 27.9 Å². The summed E-state index contributed by atoms with van der Waals surface area (Å²) in [5, 5.41) is 11.7. The van der Waals surface area contributed by atoms with Crippen LogP contribution in [0.25, 0.3) is 0 Å². The SMILES string of the molecule is O=[N+]([O-])c1cc(Cl)ccc1COc1ccccc1Cl. The van der Waals surface area contributed by atoms with Gasteiger partial charge in [0.05, 0.1) is 15.5 Å². The van der Waals surface area contributed by atoms with Crippen LogP contribution in [-0.4, -0.2) is 4.92 Å². The van der Waals surface area contributed by atoms with Crippen molar-refractivity contribution in [2.24, 2.45) is 0 Å². The van der Waals surface area contributed by atoms with Gasteiger partial charge >= 0.3 is 0 Å². The number of nitrogens with zero attached hydrogens (tertiary/aromatic N) is 1. The van der Waals surface area contributed by atoms with Crippen LogP contribution in [0.4, 0.5) is 5.69 Å². The summed E-state index contributed by atoms with van der Waals surface area (Å²) in [7, 11) is 0. The molecule has 19 heavy (non-hydrogen) atoms. The molecule has 98 valence electrons. The number of halogens is 2. The van der Waals surface area contributed by atoms with Crippen LogP contribution in [0.5, 0.6) is 5.75 Å². The molecule has 0 unspecified atom stereocenters. The van der Waals surface area contributed by atoms with E-state index in [0.29, 0.717) is 21.4 Å². The van der Waals surface area contributed by atoms with Gasteiger partial charge in [0.25, 0.3) is 5.69 Å². The minimum Gasteiger partial charge on any atom is -0.487 e. The molecule has 0 aliphatic carbocycles. The Kier molecular flexibility index (Phi) is 4.24. The first-order valence-electron chi connectivity index (χ1n) is 5.38. The summed E-state index contributed by atoms with van der Waals surface area (Å²) >= 11 is 11.7. The van der Waals surface area contributed by atoms with Crippen LogP contribution in [0.15, 0.2) is 42.5 Å². The first-order chi connectivity index (χ1) is 9.08. The number of benzene rings is 2. The van der Waals surface area contributed by atoms with Crippen molar-refractivity contribution in [1.29, 1.82) is 0 Å².